The minimum Gasteiger partial charge on any atom is -0.392 e. The van der Waals surface area contributed by atoms with Crippen LogP contribution in [0.4, 0.5) is 0 Å². The molecular formula is C20H18N2O2. The Balaban J connectivity index is 2.37. The Kier molecular flexibility index (Phi) is 3.96. The molecule has 2 N–H and O–H groups in total. The molecule has 0 aliphatic rings. The standard InChI is InChI=1S/C20H18N2O2/c1-20(2,12-21)16-9-15-6-7-18(24)22-19(15)17(10-16)14-5-3-4-13(8-14)11-23/h3-10,23H,11H2,1-2H3,(H,22,24). The van der Waals surface area contributed by atoms with Gasteiger partial charge in [-0.25, -0.2) is 0 Å². The maximum Gasteiger partial charge on any atom is 0.248 e. The van der Waals surface area contributed by atoms with Gasteiger partial charge >= 0.3 is 0 Å². The van der Waals surface area contributed by atoms with Gasteiger partial charge in [-0.3, -0.25) is 4.79 Å². The van der Waals surface area contributed by atoms with Gasteiger partial charge in [-0.1, -0.05) is 18.2 Å². The SMILES string of the molecule is CC(C)(C#N)c1cc(-c2cccc(CO)c2)c2[nH]c(=O)ccc2c1. The Morgan fingerprint density at radius 3 is 2.67 bits per heavy atom. The van der Waals surface area contributed by atoms with Gasteiger partial charge in [-0.2, -0.15) is 5.26 Å². The number of pyridine rings is 1. The van der Waals surface area contributed by atoms with Crippen molar-refractivity contribution in [2.75, 3.05) is 0 Å². The fraction of sp³-hybridized carbons (Fsp3) is 0.200. The molecule has 0 amide bonds. The number of nitrogens with zero attached hydrogens (tertiary/aromatic N) is 1. The molecule has 3 aromatic rings. The van der Waals surface area contributed by atoms with Crippen molar-refractivity contribution in [2.45, 2.75) is 25.9 Å². The van der Waals surface area contributed by atoms with Crippen LogP contribution in [0.5, 0.6) is 0 Å². The van der Waals surface area contributed by atoms with Crippen molar-refractivity contribution in [1.29, 1.82) is 5.26 Å². The molecule has 4 heteroatoms. The van der Waals surface area contributed by atoms with Crippen LogP contribution in [0, 0.1) is 11.3 Å². The molecule has 0 fully saturated rings. The summed E-state index contributed by atoms with van der Waals surface area (Å²) in [5.41, 5.74) is 3.33. The highest BCUT2D eigenvalue weighted by atomic mass is 16.3. The van der Waals surface area contributed by atoms with Crippen LogP contribution in [0.1, 0.15) is 25.0 Å². The number of aliphatic hydroxyl groups excluding tert-OH is 1. The first kappa shape index (κ1) is 16.0. The molecule has 1 heterocycles. The summed E-state index contributed by atoms with van der Waals surface area (Å²) in [6.45, 7) is 3.69. The maximum absolute atomic E-state index is 11.8. The molecule has 3 rings (SSSR count). The van der Waals surface area contributed by atoms with Gasteiger partial charge in [0.1, 0.15) is 0 Å². The molecule has 0 atom stereocenters. The van der Waals surface area contributed by atoms with E-state index in [1.54, 1.807) is 6.07 Å². The highest BCUT2D eigenvalue weighted by Gasteiger charge is 2.22. The molecule has 0 saturated heterocycles. The van der Waals surface area contributed by atoms with Crippen LogP contribution >= 0.6 is 0 Å². The summed E-state index contributed by atoms with van der Waals surface area (Å²) in [4.78, 5) is 14.7. The van der Waals surface area contributed by atoms with Gasteiger partial charge in [0.2, 0.25) is 5.56 Å². The lowest BCUT2D eigenvalue weighted by Gasteiger charge is -2.19. The number of H-pyrrole nitrogens is 1. The van der Waals surface area contributed by atoms with Crippen LogP contribution in [0.2, 0.25) is 0 Å². The van der Waals surface area contributed by atoms with E-state index in [1.165, 1.54) is 6.07 Å². The summed E-state index contributed by atoms with van der Waals surface area (Å²) < 4.78 is 0. The molecule has 0 spiro atoms. The van der Waals surface area contributed by atoms with Gasteiger partial charge in [-0.05, 0) is 60.2 Å². The van der Waals surface area contributed by atoms with E-state index in [2.05, 4.69) is 11.1 Å². The zero-order valence-electron chi connectivity index (χ0n) is 13.6. The second-order valence-corrected chi connectivity index (χ2v) is 6.41. The Labute approximate surface area is 140 Å². The summed E-state index contributed by atoms with van der Waals surface area (Å²) in [5, 5.41) is 19.7. The maximum atomic E-state index is 11.8. The smallest absolute Gasteiger partial charge is 0.248 e. The molecule has 0 aliphatic heterocycles. The van der Waals surface area contributed by atoms with E-state index < -0.39 is 5.41 Å². The summed E-state index contributed by atoms with van der Waals surface area (Å²) in [6.07, 6.45) is 0. The average Bonchev–Trinajstić information content (AvgIpc) is 2.60. The Morgan fingerprint density at radius 1 is 1.17 bits per heavy atom. The van der Waals surface area contributed by atoms with Crippen LogP contribution in [-0.2, 0) is 12.0 Å². The van der Waals surface area contributed by atoms with E-state index in [0.29, 0.717) is 0 Å². The molecule has 120 valence electrons. The summed E-state index contributed by atoms with van der Waals surface area (Å²) >= 11 is 0. The van der Waals surface area contributed by atoms with E-state index in [-0.39, 0.29) is 12.2 Å². The van der Waals surface area contributed by atoms with E-state index in [1.807, 2.05) is 50.2 Å². The molecular weight excluding hydrogens is 300 g/mol. The number of benzene rings is 2. The second-order valence-electron chi connectivity index (χ2n) is 6.41. The minimum absolute atomic E-state index is 0.0499. The number of fused-ring (bicyclic) bond motifs is 1. The van der Waals surface area contributed by atoms with Crippen molar-refractivity contribution in [2.24, 2.45) is 0 Å². The zero-order valence-corrected chi connectivity index (χ0v) is 13.6. The number of aromatic nitrogens is 1. The lowest BCUT2D eigenvalue weighted by atomic mass is 9.83. The molecule has 2 aromatic carbocycles. The lowest BCUT2D eigenvalue weighted by molar-refractivity contribution is 0.282. The van der Waals surface area contributed by atoms with Crippen LogP contribution in [0.25, 0.3) is 22.0 Å². The molecule has 4 nitrogen and oxygen atoms in total. The highest BCUT2D eigenvalue weighted by Crippen LogP contribution is 2.33. The van der Waals surface area contributed by atoms with E-state index in [0.717, 1.165) is 33.2 Å². The molecule has 0 unspecified atom stereocenters. The second kappa shape index (κ2) is 5.95. The fourth-order valence-electron chi connectivity index (χ4n) is 2.76. The largest absolute Gasteiger partial charge is 0.392 e. The van der Waals surface area contributed by atoms with Gasteiger partial charge in [0.05, 0.1) is 23.6 Å². The lowest BCUT2D eigenvalue weighted by Crippen LogP contribution is -2.14. The normalized spacial score (nSPS) is 11.4. The van der Waals surface area contributed by atoms with Crippen molar-refractivity contribution in [3.05, 3.63) is 70.0 Å². The zero-order chi connectivity index (χ0) is 17.3. The monoisotopic (exact) mass is 318 g/mol. The van der Waals surface area contributed by atoms with Crippen molar-refractivity contribution >= 4 is 10.9 Å². The van der Waals surface area contributed by atoms with Gasteiger partial charge in [0.15, 0.2) is 0 Å². The first-order valence-corrected chi connectivity index (χ1v) is 7.73. The third-order valence-corrected chi connectivity index (χ3v) is 4.25. The number of hydrogen-bond donors (Lipinski definition) is 2. The van der Waals surface area contributed by atoms with Crippen LogP contribution in [-0.4, -0.2) is 10.1 Å². The first-order chi connectivity index (χ1) is 11.4. The summed E-state index contributed by atoms with van der Waals surface area (Å²) in [7, 11) is 0. The number of hydrogen-bond acceptors (Lipinski definition) is 3. The quantitative estimate of drug-likeness (QED) is 0.776. The number of nitriles is 1. The number of nitrogens with one attached hydrogen (secondary N) is 1. The molecule has 0 saturated carbocycles. The third-order valence-electron chi connectivity index (χ3n) is 4.25. The van der Waals surface area contributed by atoms with Crippen LogP contribution < -0.4 is 5.56 Å². The van der Waals surface area contributed by atoms with Crippen molar-refractivity contribution in [1.82, 2.24) is 4.98 Å². The highest BCUT2D eigenvalue weighted by molar-refractivity contribution is 5.94. The minimum atomic E-state index is -0.645. The van der Waals surface area contributed by atoms with Crippen molar-refractivity contribution in [3.63, 3.8) is 0 Å². The van der Waals surface area contributed by atoms with Gasteiger partial charge in [0, 0.05) is 11.6 Å². The molecule has 1 aromatic heterocycles. The first-order valence-electron chi connectivity index (χ1n) is 7.73. The molecule has 0 radical (unpaired) electrons. The van der Waals surface area contributed by atoms with E-state index in [9.17, 15) is 15.2 Å². The molecule has 0 bridgehead atoms. The molecule has 24 heavy (non-hydrogen) atoms. The summed E-state index contributed by atoms with van der Waals surface area (Å²) in [5.74, 6) is 0. The number of aromatic amines is 1. The van der Waals surface area contributed by atoms with Crippen molar-refractivity contribution < 1.29 is 5.11 Å². The Hall–Kier alpha value is -2.90. The average molecular weight is 318 g/mol. The summed E-state index contributed by atoms with van der Waals surface area (Å²) in [6, 6.07) is 17.0. The van der Waals surface area contributed by atoms with Crippen LogP contribution in [0.3, 0.4) is 0 Å². The molecule has 0 aliphatic carbocycles. The van der Waals surface area contributed by atoms with Crippen molar-refractivity contribution in [3.8, 4) is 17.2 Å². The number of aliphatic hydroxyl groups is 1. The Bertz CT molecular complexity index is 1010. The number of rotatable bonds is 3. The van der Waals surface area contributed by atoms with Gasteiger partial charge in [0.25, 0.3) is 0 Å². The predicted octanol–water partition coefficient (Wildman–Crippen LogP) is 3.49. The Morgan fingerprint density at radius 2 is 1.96 bits per heavy atom. The fourth-order valence-corrected chi connectivity index (χ4v) is 2.76. The van der Waals surface area contributed by atoms with Crippen LogP contribution in [0.15, 0.2) is 53.3 Å². The topological polar surface area (TPSA) is 76.9 Å². The third kappa shape index (κ3) is 2.82. The van der Waals surface area contributed by atoms with Gasteiger partial charge in [-0.15, -0.1) is 0 Å². The van der Waals surface area contributed by atoms with Gasteiger partial charge < -0.3 is 10.1 Å². The van der Waals surface area contributed by atoms with E-state index >= 15 is 0 Å². The van der Waals surface area contributed by atoms with E-state index in [4.69, 9.17) is 0 Å². The predicted molar refractivity (Wildman–Crippen MR) is 94.6 cm³/mol.